The van der Waals surface area contributed by atoms with Crippen molar-refractivity contribution in [2.75, 3.05) is 0 Å². The van der Waals surface area contributed by atoms with Gasteiger partial charge in [0.05, 0.1) is 0 Å². The molecule has 0 spiro atoms. The van der Waals surface area contributed by atoms with Crippen LogP contribution in [0.15, 0.2) is 109 Å². The van der Waals surface area contributed by atoms with E-state index >= 15 is 0 Å². The number of hydrogen-bond acceptors (Lipinski definition) is 0. The van der Waals surface area contributed by atoms with Crippen LogP contribution in [0, 0.1) is 0 Å². The predicted octanol–water partition coefficient (Wildman–Crippen LogP) is 8.13. The molecule has 0 fully saturated rings. The van der Waals surface area contributed by atoms with Crippen molar-refractivity contribution in [3.05, 3.63) is 120 Å². The predicted molar refractivity (Wildman–Crippen MR) is 123 cm³/mol. The molecule has 0 heterocycles. The molecule has 0 nitrogen and oxygen atoms in total. The molecule has 4 rings (SSSR count). The Morgan fingerprint density at radius 3 is 1.24 bits per heavy atom. The van der Waals surface area contributed by atoms with Crippen LogP contribution in [-0.4, -0.2) is 0 Å². The Labute approximate surface area is 187 Å². The standard InChI is InChI=1S/2C14H16.Ni/c2*1-2-5-9-13(10-6-3-1)14-11-7-4-8-12-14;/h2*2,4-8,10-13H,1,3,9H2;/q;;+2/b2*5-2-,10-6-;. The number of rotatable bonds is 2. The Bertz CT molecular complexity index is 714. The fourth-order valence-corrected chi connectivity index (χ4v) is 3.68. The van der Waals surface area contributed by atoms with E-state index in [1.54, 1.807) is 0 Å². The summed E-state index contributed by atoms with van der Waals surface area (Å²) in [5, 5.41) is 0. The minimum absolute atomic E-state index is 0. The number of allylic oxidation sites excluding steroid dienone is 8. The average Bonchev–Trinajstić information content (AvgIpc) is 2.69. The van der Waals surface area contributed by atoms with Gasteiger partial charge in [0.15, 0.2) is 0 Å². The summed E-state index contributed by atoms with van der Waals surface area (Å²) in [6, 6.07) is 21.5. The fraction of sp³-hybridized carbons (Fsp3) is 0.286. The van der Waals surface area contributed by atoms with Gasteiger partial charge < -0.3 is 0 Å². The molecule has 2 aromatic carbocycles. The van der Waals surface area contributed by atoms with Gasteiger partial charge in [-0.25, -0.2) is 0 Å². The van der Waals surface area contributed by atoms with E-state index in [1.165, 1.54) is 36.8 Å². The first kappa shape index (κ1) is 23.2. The van der Waals surface area contributed by atoms with Crippen LogP contribution in [0.2, 0.25) is 0 Å². The summed E-state index contributed by atoms with van der Waals surface area (Å²) < 4.78 is 0. The quantitative estimate of drug-likeness (QED) is 0.335. The van der Waals surface area contributed by atoms with Gasteiger partial charge in [-0.2, -0.15) is 0 Å². The van der Waals surface area contributed by atoms with E-state index in [4.69, 9.17) is 0 Å². The molecule has 2 aliphatic rings. The van der Waals surface area contributed by atoms with Crippen LogP contribution in [0.5, 0.6) is 0 Å². The minimum Gasteiger partial charge on any atom is -0.0882 e. The topological polar surface area (TPSA) is 0 Å². The molecular weight excluding hydrogens is 395 g/mol. The molecule has 0 radical (unpaired) electrons. The first-order chi connectivity index (χ1) is 13.9. The normalized spacial score (nSPS) is 25.2. The minimum atomic E-state index is 0. The molecule has 0 amide bonds. The summed E-state index contributed by atoms with van der Waals surface area (Å²) in [5.41, 5.74) is 2.85. The van der Waals surface area contributed by atoms with Gasteiger partial charge in [0.1, 0.15) is 0 Å². The summed E-state index contributed by atoms with van der Waals surface area (Å²) >= 11 is 0. The van der Waals surface area contributed by atoms with Gasteiger partial charge in [-0.05, 0) is 49.7 Å². The maximum Gasteiger partial charge on any atom is 2.00 e. The second-order valence-electron chi connectivity index (χ2n) is 7.46. The summed E-state index contributed by atoms with van der Waals surface area (Å²) in [7, 11) is 0. The molecule has 0 aliphatic heterocycles. The van der Waals surface area contributed by atoms with Crippen molar-refractivity contribution in [3.8, 4) is 0 Å². The summed E-state index contributed by atoms with van der Waals surface area (Å²) in [5.74, 6) is 1.15. The van der Waals surface area contributed by atoms with Gasteiger partial charge in [-0.3, -0.25) is 0 Å². The van der Waals surface area contributed by atoms with Crippen LogP contribution in [0.25, 0.3) is 0 Å². The van der Waals surface area contributed by atoms with Crippen molar-refractivity contribution < 1.29 is 16.5 Å². The van der Waals surface area contributed by atoms with Crippen molar-refractivity contribution in [2.24, 2.45) is 0 Å². The van der Waals surface area contributed by atoms with E-state index in [2.05, 4.69) is 109 Å². The second kappa shape index (κ2) is 14.0. The molecule has 0 saturated heterocycles. The molecule has 29 heavy (non-hydrogen) atoms. The average molecular weight is 427 g/mol. The van der Waals surface area contributed by atoms with E-state index in [0.29, 0.717) is 11.8 Å². The molecule has 152 valence electrons. The third kappa shape index (κ3) is 8.42. The van der Waals surface area contributed by atoms with E-state index in [1.807, 2.05) is 0 Å². The molecule has 2 atom stereocenters. The molecule has 0 saturated carbocycles. The zero-order valence-electron chi connectivity index (χ0n) is 17.1. The smallest absolute Gasteiger partial charge is 0.0882 e. The summed E-state index contributed by atoms with van der Waals surface area (Å²) in [6.45, 7) is 0. The molecule has 0 aromatic heterocycles. The fourth-order valence-electron chi connectivity index (χ4n) is 3.68. The van der Waals surface area contributed by atoms with Gasteiger partial charge in [0.25, 0.3) is 0 Å². The molecule has 2 aliphatic carbocycles. The van der Waals surface area contributed by atoms with Crippen LogP contribution < -0.4 is 0 Å². The third-order valence-electron chi connectivity index (χ3n) is 5.31. The molecular formula is C28H32Ni+2. The SMILES string of the molecule is C1=C\CC(c2ccccc2)/C=C\CC/1.C1=C\CC(c2ccccc2)/C=C\CC/1.[Ni+2]. The zero-order valence-corrected chi connectivity index (χ0v) is 18.1. The molecule has 2 unspecified atom stereocenters. The first-order valence-electron chi connectivity index (χ1n) is 10.7. The van der Waals surface area contributed by atoms with Crippen molar-refractivity contribution >= 4 is 0 Å². The maximum absolute atomic E-state index is 2.35. The van der Waals surface area contributed by atoms with E-state index in [9.17, 15) is 0 Å². The second-order valence-corrected chi connectivity index (χ2v) is 7.46. The van der Waals surface area contributed by atoms with Crippen LogP contribution >= 0.6 is 0 Å². The van der Waals surface area contributed by atoms with E-state index < -0.39 is 0 Å². The summed E-state index contributed by atoms with van der Waals surface area (Å²) in [4.78, 5) is 0. The van der Waals surface area contributed by atoms with Gasteiger partial charge >= 0.3 is 16.5 Å². The van der Waals surface area contributed by atoms with E-state index in [0.717, 1.165) is 12.8 Å². The molecule has 0 N–H and O–H groups in total. The molecule has 1 heteroatoms. The monoisotopic (exact) mass is 426 g/mol. The Morgan fingerprint density at radius 2 is 0.828 bits per heavy atom. The van der Waals surface area contributed by atoms with E-state index in [-0.39, 0.29) is 16.5 Å². The van der Waals surface area contributed by atoms with Crippen LogP contribution in [0.1, 0.15) is 61.5 Å². The van der Waals surface area contributed by atoms with Crippen LogP contribution in [0.4, 0.5) is 0 Å². The van der Waals surface area contributed by atoms with Crippen LogP contribution in [0.3, 0.4) is 0 Å². The Morgan fingerprint density at radius 1 is 0.448 bits per heavy atom. The van der Waals surface area contributed by atoms with Crippen LogP contribution in [-0.2, 0) is 16.5 Å². The van der Waals surface area contributed by atoms with Gasteiger partial charge in [-0.15, -0.1) is 0 Å². The molecule has 2 aromatic rings. The first-order valence-corrected chi connectivity index (χ1v) is 10.7. The Kier molecular flexibility index (Phi) is 11.2. The van der Waals surface area contributed by atoms with Crippen molar-refractivity contribution in [2.45, 2.75) is 50.4 Å². The Balaban J connectivity index is 0.000000200. The van der Waals surface area contributed by atoms with Crippen molar-refractivity contribution in [3.63, 3.8) is 0 Å². The Hall–Kier alpha value is -2.11. The largest absolute Gasteiger partial charge is 2.00 e. The number of benzene rings is 2. The van der Waals surface area contributed by atoms with Crippen molar-refractivity contribution in [1.82, 2.24) is 0 Å². The van der Waals surface area contributed by atoms with Gasteiger partial charge in [-0.1, -0.05) is 109 Å². The third-order valence-corrected chi connectivity index (χ3v) is 5.31. The molecule has 0 bridgehead atoms. The zero-order chi connectivity index (χ0) is 19.3. The van der Waals surface area contributed by atoms with Gasteiger partial charge in [0.2, 0.25) is 0 Å². The number of hydrogen-bond donors (Lipinski definition) is 0. The summed E-state index contributed by atoms with van der Waals surface area (Å²) in [6.07, 6.45) is 25.5. The van der Waals surface area contributed by atoms with Crippen molar-refractivity contribution in [1.29, 1.82) is 0 Å². The van der Waals surface area contributed by atoms with Gasteiger partial charge in [0, 0.05) is 11.8 Å². The maximum atomic E-state index is 2.35.